The van der Waals surface area contributed by atoms with Gasteiger partial charge in [-0.05, 0) is 42.5 Å². The third kappa shape index (κ3) is 6.39. The minimum Gasteiger partial charge on any atom is -0.493 e. The van der Waals surface area contributed by atoms with Crippen LogP contribution in [0.2, 0.25) is 0 Å². The van der Waals surface area contributed by atoms with Gasteiger partial charge in [-0.2, -0.15) is 0 Å². The molecule has 2 atom stereocenters. The summed E-state index contributed by atoms with van der Waals surface area (Å²) in [6.07, 6.45) is 4.42. The van der Waals surface area contributed by atoms with E-state index in [2.05, 4.69) is 5.32 Å². The second-order valence-corrected chi connectivity index (χ2v) is 7.45. The van der Waals surface area contributed by atoms with Crippen molar-refractivity contribution in [3.63, 3.8) is 0 Å². The Labute approximate surface area is 178 Å². The van der Waals surface area contributed by atoms with Crippen LogP contribution < -0.4 is 14.8 Å². The van der Waals surface area contributed by atoms with E-state index in [9.17, 15) is 4.79 Å². The molecule has 0 aromatic heterocycles. The van der Waals surface area contributed by atoms with Crippen LogP contribution in [-0.4, -0.2) is 39.1 Å². The maximum atomic E-state index is 12.2. The first-order valence-corrected chi connectivity index (χ1v) is 10.5. The average molecular weight is 414 g/mol. The van der Waals surface area contributed by atoms with Gasteiger partial charge in [-0.25, -0.2) is 4.79 Å². The van der Waals surface area contributed by atoms with Crippen LogP contribution in [0, 0.1) is 0 Å². The van der Waals surface area contributed by atoms with E-state index in [1.807, 2.05) is 48.5 Å². The molecular formula is C24H31NO5. The molecule has 0 bridgehead atoms. The lowest BCUT2D eigenvalue weighted by atomic mass is 9.92. The zero-order chi connectivity index (χ0) is 21.2. The van der Waals surface area contributed by atoms with E-state index in [0.717, 1.165) is 43.2 Å². The molecule has 1 unspecified atom stereocenters. The van der Waals surface area contributed by atoms with Crippen LogP contribution in [0.5, 0.6) is 11.5 Å². The number of nitrogens with one attached hydrogen (secondary N) is 1. The lowest BCUT2D eigenvalue weighted by molar-refractivity contribution is 0.00567. The van der Waals surface area contributed by atoms with E-state index in [0.29, 0.717) is 18.1 Å². The molecule has 0 aliphatic heterocycles. The number of hydrogen-bond acceptors (Lipinski definition) is 5. The molecule has 2 aromatic carbocycles. The van der Waals surface area contributed by atoms with Crippen LogP contribution in [0.4, 0.5) is 4.79 Å². The number of methoxy groups -OCH3 is 2. The molecule has 3 rings (SSSR count). The molecule has 30 heavy (non-hydrogen) atoms. The van der Waals surface area contributed by atoms with E-state index in [1.54, 1.807) is 14.2 Å². The topological polar surface area (TPSA) is 66.0 Å². The second kappa shape index (κ2) is 11.5. The Kier molecular flexibility index (Phi) is 8.39. The van der Waals surface area contributed by atoms with E-state index >= 15 is 0 Å². The van der Waals surface area contributed by atoms with E-state index in [1.165, 1.54) is 0 Å². The predicted molar refractivity (Wildman–Crippen MR) is 115 cm³/mol. The van der Waals surface area contributed by atoms with Crippen molar-refractivity contribution in [1.82, 2.24) is 5.32 Å². The number of benzene rings is 2. The fourth-order valence-electron chi connectivity index (χ4n) is 3.74. The van der Waals surface area contributed by atoms with Crippen LogP contribution in [0.1, 0.15) is 36.8 Å². The Balaban J connectivity index is 1.46. The van der Waals surface area contributed by atoms with Crippen LogP contribution in [0.3, 0.4) is 0 Å². The molecule has 1 amide bonds. The van der Waals surface area contributed by atoms with Crippen molar-refractivity contribution in [2.75, 3.05) is 20.8 Å². The van der Waals surface area contributed by atoms with Gasteiger partial charge in [-0.15, -0.1) is 0 Å². The highest BCUT2D eigenvalue weighted by atomic mass is 16.5. The number of rotatable bonds is 9. The molecule has 1 saturated carbocycles. The van der Waals surface area contributed by atoms with Gasteiger partial charge >= 0.3 is 6.09 Å². The molecule has 6 heteroatoms. The Hall–Kier alpha value is -2.73. The molecule has 1 aliphatic rings. The molecule has 1 aliphatic carbocycles. The quantitative estimate of drug-likeness (QED) is 0.656. The summed E-state index contributed by atoms with van der Waals surface area (Å²) in [5.74, 6) is 1.43. The Morgan fingerprint density at radius 1 is 0.967 bits per heavy atom. The number of hydrogen-bond donors (Lipinski definition) is 1. The van der Waals surface area contributed by atoms with Crippen LogP contribution in [-0.2, 0) is 22.5 Å². The number of carbonyl (C=O) groups is 1. The van der Waals surface area contributed by atoms with E-state index < -0.39 is 0 Å². The molecule has 2 aromatic rings. The van der Waals surface area contributed by atoms with Gasteiger partial charge in [-0.3, -0.25) is 0 Å². The van der Waals surface area contributed by atoms with Gasteiger partial charge in [0.1, 0.15) is 6.61 Å². The summed E-state index contributed by atoms with van der Waals surface area (Å²) in [6, 6.07) is 15.5. The number of amides is 1. The Morgan fingerprint density at radius 2 is 1.73 bits per heavy atom. The summed E-state index contributed by atoms with van der Waals surface area (Å²) in [4.78, 5) is 12.2. The number of carbonyl (C=O) groups excluding carboxylic acids is 1. The van der Waals surface area contributed by atoms with Gasteiger partial charge in [0.25, 0.3) is 0 Å². The van der Waals surface area contributed by atoms with Crippen molar-refractivity contribution >= 4 is 6.09 Å². The largest absolute Gasteiger partial charge is 0.493 e. The third-order valence-electron chi connectivity index (χ3n) is 5.39. The SMILES string of the molecule is COc1ccc(CCOC2CCCC[C@H]2NC(=O)OCc2ccccc2)cc1OC. The first-order chi connectivity index (χ1) is 14.7. The third-order valence-corrected chi connectivity index (χ3v) is 5.39. The average Bonchev–Trinajstić information content (AvgIpc) is 2.79. The van der Waals surface area contributed by atoms with Crippen LogP contribution in [0.15, 0.2) is 48.5 Å². The van der Waals surface area contributed by atoms with Gasteiger partial charge in [0.15, 0.2) is 11.5 Å². The van der Waals surface area contributed by atoms with Crippen LogP contribution in [0.25, 0.3) is 0 Å². The summed E-state index contributed by atoms with van der Waals surface area (Å²) in [6.45, 7) is 0.849. The second-order valence-electron chi connectivity index (χ2n) is 7.45. The summed E-state index contributed by atoms with van der Waals surface area (Å²) < 4.78 is 22.2. The zero-order valence-electron chi connectivity index (χ0n) is 17.8. The van der Waals surface area contributed by atoms with Crippen molar-refractivity contribution in [3.8, 4) is 11.5 Å². The van der Waals surface area contributed by atoms with Crippen LogP contribution >= 0.6 is 0 Å². The van der Waals surface area contributed by atoms with Crippen molar-refractivity contribution in [3.05, 3.63) is 59.7 Å². The molecule has 162 valence electrons. The lowest BCUT2D eigenvalue weighted by Gasteiger charge is -2.31. The fraction of sp³-hybridized carbons (Fsp3) is 0.458. The molecule has 0 radical (unpaired) electrons. The van der Waals surface area contributed by atoms with Gasteiger partial charge in [0.05, 0.1) is 33.0 Å². The molecule has 0 saturated heterocycles. The highest BCUT2D eigenvalue weighted by Crippen LogP contribution is 2.28. The first-order valence-electron chi connectivity index (χ1n) is 10.5. The molecule has 6 nitrogen and oxygen atoms in total. The molecule has 1 N–H and O–H groups in total. The van der Waals surface area contributed by atoms with Gasteiger partial charge in [0.2, 0.25) is 0 Å². The van der Waals surface area contributed by atoms with Crippen molar-refractivity contribution in [2.45, 2.75) is 50.9 Å². The summed E-state index contributed by atoms with van der Waals surface area (Å²) in [5.41, 5.74) is 2.09. The fourth-order valence-corrected chi connectivity index (χ4v) is 3.74. The predicted octanol–water partition coefficient (Wildman–Crippen LogP) is 4.50. The number of alkyl carbamates (subject to hydrolysis) is 1. The van der Waals surface area contributed by atoms with Crippen molar-refractivity contribution in [2.24, 2.45) is 0 Å². The van der Waals surface area contributed by atoms with Gasteiger partial charge in [-0.1, -0.05) is 49.2 Å². The van der Waals surface area contributed by atoms with Gasteiger partial charge in [0, 0.05) is 0 Å². The maximum Gasteiger partial charge on any atom is 0.407 e. The standard InChI is InChI=1S/C24H31NO5/c1-27-22-13-12-18(16-23(22)28-2)14-15-29-21-11-7-6-10-20(21)25-24(26)30-17-19-8-4-3-5-9-19/h3-5,8-9,12-13,16,20-21H,6-7,10-11,14-15,17H2,1-2H3,(H,25,26)/t20-,21?/m1/s1. The molecule has 0 heterocycles. The van der Waals surface area contributed by atoms with Crippen molar-refractivity contribution < 1.29 is 23.7 Å². The highest BCUT2D eigenvalue weighted by molar-refractivity contribution is 5.67. The van der Waals surface area contributed by atoms with Crippen molar-refractivity contribution in [1.29, 1.82) is 0 Å². The Bertz CT molecular complexity index is 795. The number of ether oxygens (including phenoxy) is 4. The summed E-state index contributed by atoms with van der Waals surface area (Å²) in [5, 5.41) is 3.00. The Morgan fingerprint density at radius 3 is 2.50 bits per heavy atom. The monoisotopic (exact) mass is 413 g/mol. The zero-order valence-corrected chi connectivity index (χ0v) is 17.8. The highest BCUT2D eigenvalue weighted by Gasteiger charge is 2.27. The van der Waals surface area contributed by atoms with Gasteiger partial charge < -0.3 is 24.3 Å². The first kappa shape index (κ1) is 22.0. The minimum atomic E-state index is -0.390. The summed E-state index contributed by atoms with van der Waals surface area (Å²) >= 11 is 0. The lowest BCUT2D eigenvalue weighted by Crippen LogP contribution is -2.46. The maximum absolute atomic E-state index is 12.2. The smallest absolute Gasteiger partial charge is 0.407 e. The minimum absolute atomic E-state index is 0.00293. The van der Waals surface area contributed by atoms with E-state index in [-0.39, 0.29) is 24.8 Å². The summed E-state index contributed by atoms with van der Waals surface area (Å²) in [7, 11) is 3.26. The molecule has 0 spiro atoms. The normalized spacial score (nSPS) is 18.5. The van der Waals surface area contributed by atoms with E-state index in [4.69, 9.17) is 18.9 Å². The molecular weight excluding hydrogens is 382 g/mol. The molecule has 1 fully saturated rings.